The summed E-state index contributed by atoms with van der Waals surface area (Å²) in [6.07, 6.45) is 1.75. The second-order valence-corrected chi connectivity index (χ2v) is 7.71. The molecular weight excluding hydrogens is 431 g/mol. The van der Waals surface area contributed by atoms with E-state index in [9.17, 15) is 0 Å². The summed E-state index contributed by atoms with van der Waals surface area (Å²) in [4.78, 5) is 10.7. The quantitative estimate of drug-likeness (QED) is 0.304. The van der Waals surface area contributed by atoms with E-state index < -0.39 is 0 Å². The van der Waals surface area contributed by atoms with E-state index in [-0.39, 0.29) is 6.61 Å². The highest BCUT2D eigenvalue weighted by atomic mass is 35.5. The van der Waals surface area contributed by atoms with Crippen molar-refractivity contribution in [3.05, 3.63) is 57.8 Å². The normalized spacial score (nSPS) is 11.1. The Kier molecular flexibility index (Phi) is 7.30. The first-order valence-electron chi connectivity index (χ1n) is 8.88. The molecule has 3 rings (SSSR count). The van der Waals surface area contributed by atoms with Gasteiger partial charge in [-0.1, -0.05) is 35.3 Å². The Bertz CT molecular complexity index is 1010. The van der Waals surface area contributed by atoms with Crippen molar-refractivity contribution in [2.45, 2.75) is 20.5 Å². The average Bonchev–Trinajstić information content (AvgIpc) is 3.16. The fraction of sp³-hybridized carbons (Fsp3) is 0.250. The van der Waals surface area contributed by atoms with Gasteiger partial charge in [0.2, 0.25) is 0 Å². The molecule has 0 spiro atoms. The molecule has 9 heteroatoms. The number of aryl methyl sites for hydroxylation is 1. The third-order valence-corrected chi connectivity index (χ3v) is 5.23. The lowest BCUT2D eigenvalue weighted by atomic mass is 10.2. The van der Waals surface area contributed by atoms with E-state index in [4.69, 9.17) is 32.7 Å². The molecule has 0 saturated carbocycles. The Balaban J connectivity index is 1.67. The van der Waals surface area contributed by atoms with Crippen molar-refractivity contribution in [2.24, 2.45) is 4.99 Å². The molecule has 0 radical (unpaired) electrons. The van der Waals surface area contributed by atoms with E-state index in [1.807, 2.05) is 44.0 Å². The van der Waals surface area contributed by atoms with E-state index in [2.05, 4.69) is 14.3 Å². The largest absolute Gasteiger partial charge is 0.484 e. The van der Waals surface area contributed by atoms with Crippen LogP contribution in [0, 0.1) is 6.92 Å². The zero-order valence-corrected chi connectivity index (χ0v) is 18.6. The zero-order chi connectivity index (χ0) is 20.8. The van der Waals surface area contributed by atoms with Crippen LogP contribution in [-0.4, -0.2) is 34.2 Å². The third-order valence-electron chi connectivity index (χ3n) is 3.98. The molecule has 0 N–H and O–H groups in total. The van der Waals surface area contributed by atoms with E-state index in [1.165, 1.54) is 0 Å². The van der Waals surface area contributed by atoms with Gasteiger partial charge in [-0.25, -0.2) is 4.99 Å². The van der Waals surface area contributed by atoms with Crippen LogP contribution in [-0.2, 0) is 6.61 Å². The number of hydrogen-bond donors (Lipinski definition) is 0. The molecule has 0 aliphatic heterocycles. The first-order valence-corrected chi connectivity index (χ1v) is 10.4. The van der Waals surface area contributed by atoms with Crippen molar-refractivity contribution < 1.29 is 9.47 Å². The van der Waals surface area contributed by atoms with Crippen LogP contribution < -0.4 is 9.47 Å². The lowest BCUT2D eigenvalue weighted by Crippen LogP contribution is -2.14. The van der Waals surface area contributed by atoms with Crippen molar-refractivity contribution in [3.63, 3.8) is 0 Å². The molecular formula is C20H20Cl2N4O2S. The molecule has 0 atom stereocenters. The number of benzene rings is 2. The van der Waals surface area contributed by atoms with Crippen LogP contribution in [0.1, 0.15) is 18.3 Å². The number of ether oxygens (including phenoxy) is 2. The van der Waals surface area contributed by atoms with Gasteiger partial charge in [0, 0.05) is 31.2 Å². The second-order valence-electron chi connectivity index (χ2n) is 6.18. The molecule has 0 amide bonds. The van der Waals surface area contributed by atoms with Crippen molar-refractivity contribution in [1.82, 2.24) is 14.3 Å². The predicted molar refractivity (Wildman–Crippen MR) is 118 cm³/mol. The molecule has 0 saturated heterocycles. The molecule has 0 aliphatic rings. The summed E-state index contributed by atoms with van der Waals surface area (Å²) in [7, 11) is 1.95. The molecule has 3 aromatic rings. The van der Waals surface area contributed by atoms with Gasteiger partial charge in [-0.05, 0) is 37.6 Å². The fourth-order valence-electron chi connectivity index (χ4n) is 2.24. The molecule has 2 aromatic carbocycles. The van der Waals surface area contributed by atoms with Gasteiger partial charge in [0.15, 0.2) is 5.82 Å². The van der Waals surface area contributed by atoms with Gasteiger partial charge >= 0.3 is 0 Å². The maximum absolute atomic E-state index is 6.35. The second kappa shape index (κ2) is 9.91. The number of halogens is 2. The molecule has 152 valence electrons. The smallest absolute Gasteiger partial charge is 0.298 e. The first kappa shape index (κ1) is 21.4. The summed E-state index contributed by atoms with van der Waals surface area (Å²) in [5.74, 6) is 1.70. The van der Waals surface area contributed by atoms with Gasteiger partial charge in [0.25, 0.3) is 5.19 Å². The van der Waals surface area contributed by atoms with Crippen molar-refractivity contribution in [2.75, 3.05) is 13.6 Å². The van der Waals surface area contributed by atoms with Crippen LogP contribution in [0.3, 0.4) is 0 Å². The number of nitrogens with zero attached hydrogens (tertiary/aromatic N) is 4. The van der Waals surface area contributed by atoms with Gasteiger partial charge in [-0.2, -0.15) is 9.36 Å². The molecule has 1 heterocycles. The van der Waals surface area contributed by atoms with Crippen molar-refractivity contribution in [1.29, 1.82) is 0 Å². The van der Waals surface area contributed by atoms with Crippen LogP contribution in [0.2, 0.25) is 10.0 Å². The SMILES string of the molecule is CCN(C)/C=N\c1cc(C)c(Oc2nc(COc3ccccc3Cl)ns2)cc1Cl. The summed E-state index contributed by atoms with van der Waals surface area (Å²) >= 11 is 13.6. The maximum Gasteiger partial charge on any atom is 0.298 e. The Labute approximate surface area is 183 Å². The maximum atomic E-state index is 6.35. The Hall–Kier alpha value is -2.35. The summed E-state index contributed by atoms with van der Waals surface area (Å²) in [5.41, 5.74) is 1.58. The van der Waals surface area contributed by atoms with Crippen LogP contribution >= 0.6 is 34.7 Å². The van der Waals surface area contributed by atoms with E-state index >= 15 is 0 Å². The predicted octanol–water partition coefficient (Wildman–Crippen LogP) is 6.14. The lowest BCUT2D eigenvalue weighted by molar-refractivity contribution is 0.296. The monoisotopic (exact) mass is 450 g/mol. The number of rotatable bonds is 8. The molecule has 0 bridgehead atoms. The van der Waals surface area contributed by atoms with Crippen LogP contribution in [0.4, 0.5) is 5.69 Å². The highest BCUT2D eigenvalue weighted by Gasteiger charge is 2.12. The van der Waals surface area contributed by atoms with Crippen LogP contribution in [0.25, 0.3) is 0 Å². The van der Waals surface area contributed by atoms with Crippen molar-refractivity contribution >= 4 is 46.8 Å². The van der Waals surface area contributed by atoms with E-state index in [1.54, 1.807) is 24.5 Å². The molecule has 6 nitrogen and oxygen atoms in total. The number of aliphatic imine (C=N–C) groups is 1. The standard InChI is InChI=1S/C20H20Cl2N4O2S/c1-4-26(3)12-23-16-9-13(2)18(10-15(16)22)28-20-24-19(25-29-20)11-27-17-8-6-5-7-14(17)21/h5-10,12H,4,11H2,1-3H3/b23-12-. The highest BCUT2D eigenvalue weighted by Crippen LogP contribution is 2.35. The van der Waals surface area contributed by atoms with E-state index in [0.717, 1.165) is 23.6 Å². The summed E-state index contributed by atoms with van der Waals surface area (Å²) in [5, 5.41) is 1.44. The minimum atomic E-state index is 0.196. The van der Waals surface area contributed by atoms with Gasteiger partial charge in [0.1, 0.15) is 18.1 Å². The van der Waals surface area contributed by atoms with Gasteiger partial charge in [-0.3, -0.25) is 0 Å². The topological polar surface area (TPSA) is 59.8 Å². The van der Waals surface area contributed by atoms with E-state index in [0.29, 0.717) is 38.2 Å². The summed E-state index contributed by atoms with van der Waals surface area (Å²) < 4.78 is 15.8. The molecule has 0 unspecified atom stereocenters. The Morgan fingerprint density at radius 3 is 2.72 bits per heavy atom. The first-order chi connectivity index (χ1) is 14.0. The number of aromatic nitrogens is 2. The molecule has 0 fully saturated rings. The third kappa shape index (κ3) is 5.82. The van der Waals surface area contributed by atoms with Gasteiger partial charge in [0.05, 0.1) is 22.1 Å². The minimum absolute atomic E-state index is 0.196. The van der Waals surface area contributed by atoms with Crippen LogP contribution in [0.5, 0.6) is 16.7 Å². The Morgan fingerprint density at radius 2 is 1.97 bits per heavy atom. The van der Waals surface area contributed by atoms with Gasteiger partial charge < -0.3 is 14.4 Å². The van der Waals surface area contributed by atoms with Crippen LogP contribution in [0.15, 0.2) is 41.4 Å². The highest BCUT2D eigenvalue weighted by molar-refractivity contribution is 7.07. The minimum Gasteiger partial charge on any atom is -0.484 e. The molecule has 1 aromatic heterocycles. The molecule has 0 aliphatic carbocycles. The molecule has 29 heavy (non-hydrogen) atoms. The number of hydrogen-bond acceptors (Lipinski definition) is 6. The van der Waals surface area contributed by atoms with Crippen molar-refractivity contribution in [3.8, 4) is 16.7 Å². The Morgan fingerprint density at radius 1 is 1.17 bits per heavy atom. The zero-order valence-electron chi connectivity index (χ0n) is 16.2. The summed E-state index contributed by atoms with van der Waals surface area (Å²) in [6.45, 7) is 5.03. The fourth-order valence-corrected chi connectivity index (χ4v) is 3.18. The average molecular weight is 451 g/mol. The van der Waals surface area contributed by atoms with Gasteiger partial charge in [-0.15, -0.1) is 0 Å². The number of para-hydroxylation sites is 1. The summed E-state index contributed by atoms with van der Waals surface area (Å²) in [6, 6.07) is 10.9. The lowest BCUT2D eigenvalue weighted by Gasteiger charge is -2.10.